The van der Waals surface area contributed by atoms with Gasteiger partial charge in [0, 0.05) is 30.9 Å². The molecular weight excluding hydrogens is 323 g/mol. The number of halogens is 1. The Balaban J connectivity index is 1.49. The minimum absolute atomic E-state index is 0.0227. The number of anilines is 1. The molecule has 0 atom stereocenters. The van der Waals surface area contributed by atoms with Crippen molar-refractivity contribution in [2.24, 2.45) is 0 Å². The second-order valence-electron chi connectivity index (χ2n) is 5.71. The highest BCUT2D eigenvalue weighted by Gasteiger charge is 2.18. The molecule has 3 rings (SSSR count). The molecule has 25 heavy (non-hydrogen) atoms. The first-order chi connectivity index (χ1) is 12.2. The standard InChI is InChI=1S/C19H21FN2O3/c20-16-4-6-18(7-5-16)25-11-8-21-17-3-1-2-15(14-17)19(23)22-9-12-24-13-10-22/h1-7,14,21H,8-13H2. The van der Waals surface area contributed by atoms with E-state index >= 15 is 0 Å². The third-order valence-corrected chi connectivity index (χ3v) is 3.92. The van der Waals surface area contributed by atoms with Gasteiger partial charge in [0.1, 0.15) is 18.2 Å². The summed E-state index contributed by atoms with van der Waals surface area (Å²) in [6, 6.07) is 13.3. The molecule has 0 bridgehead atoms. The van der Waals surface area contributed by atoms with Crippen molar-refractivity contribution in [3.8, 4) is 5.75 Å². The van der Waals surface area contributed by atoms with Gasteiger partial charge < -0.3 is 19.7 Å². The summed E-state index contributed by atoms with van der Waals surface area (Å²) >= 11 is 0. The number of ether oxygens (including phenoxy) is 2. The zero-order valence-corrected chi connectivity index (χ0v) is 13.9. The van der Waals surface area contributed by atoms with Crippen LogP contribution in [0.3, 0.4) is 0 Å². The Labute approximate surface area is 146 Å². The normalized spacial score (nSPS) is 14.2. The van der Waals surface area contributed by atoms with Crippen molar-refractivity contribution >= 4 is 11.6 Å². The molecule has 0 aliphatic carbocycles. The summed E-state index contributed by atoms with van der Waals surface area (Å²) < 4.78 is 23.6. The number of amides is 1. The lowest BCUT2D eigenvalue weighted by Gasteiger charge is -2.27. The van der Waals surface area contributed by atoms with Crippen molar-refractivity contribution < 1.29 is 18.7 Å². The fourth-order valence-corrected chi connectivity index (χ4v) is 2.61. The van der Waals surface area contributed by atoms with E-state index in [0.717, 1.165) is 5.69 Å². The molecule has 1 heterocycles. The van der Waals surface area contributed by atoms with Gasteiger partial charge in [0.25, 0.3) is 5.91 Å². The Kier molecular flexibility index (Phi) is 5.85. The number of nitrogens with zero attached hydrogens (tertiary/aromatic N) is 1. The third-order valence-electron chi connectivity index (χ3n) is 3.92. The summed E-state index contributed by atoms with van der Waals surface area (Å²) in [7, 11) is 0. The Morgan fingerprint density at radius 3 is 2.68 bits per heavy atom. The average Bonchev–Trinajstić information content (AvgIpc) is 2.67. The highest BCUT2D eigenvalue weighted by Crippen LogP contribution is 2.14. The molecule has 0 radical (unpaired) electrons. The van der Waals surface area contributed by atoms with Crippen LogP contribution >= 0.6 is 0 Å². The van der Waals surface area contributed by atoms with Gasteiger partial charge in [-0.3, -0.25) is 4.79 Å². The van der Waals surface area contributed by atoms with Crippen molar-refractivity contribution in [1.29, 1.82) is 0 Å². The predicted octanol–water partition coefficient (Wildman–Crippen LogP) is 2.79. The number of hydrogen-bond donors (Lipinski definition) is 1. The van der Waals surface area contributed by atoms with Crippen LogP contribution in [0.15, 0.2) is 48.5 Å². The maximum atomic E-state index is 12.8. The van der Waals surface area contributed by atoms with E-state index in [1.165, 1.54) is 12.1 Å². The van der Waals surface area contributed by atoms with Gasteiger partial charge in [-0.1, -0.05) is 6.07 Å². The van der Waals surface area contributed by atoms with Crippen molar-refractivity contribution in [2.45, 2.75) is 0 Å². The fourth-order valence-electron chi connectivity index (χ4n) is 2.61. The number of benzene rings is 2. The maximum absolute atomic E-state index is 12.8. The first-order valence-corrected chi connectivity index (χ1v) is 8.32. The predicted molar refractivity (Wildman–Crippen MR) is 93.5 cm³/mol. The maximum Gasteiger partial charge on any atom is 0.254 e. The molecule has 1 N–H and O–H groups in total. The van der Waals surface area contributed by atoms with Crippen LogP contribution in [0.4, 0.5) is 10.1 Å². The molecule has 132 valence electrons. The Morgan fingerprint density at radius 1 is 1.16 bits per heavy atom. The summed E-state index contributed by atoms with van der Waals surface area (Å²) in [6.07, 6.45) is 0. The molecule has 1 aliphatic heterocycles. The summed E-state index contributed by atoms with van der Waals surface area (Å²) in [4.78, 5) is 14.3. The van der Waals surface area contributed by atoms with E-state index in [0.29, 0.717) is 50.8 Å². The van der Waals surface area contributed by atoms with Gasteiger partial charge in [-0.15, -0.1) is 0 Å². The molecule has 0 spiro atoms. The van der Waals surface area contributed by atoms with E-state index in [4.69, 9.17) is 9.47 Å². The van der Waals surface area contributed by atoms with Gasteiger partial charge in [0.15, 0.2) is 0 Å². The number of carbonyl (C=O) groups excluding carboxylic acids is 1. The lowest BCUT2D eigenvalue weighted by molar-refractivity contribution is 0.0303. The molecular formula is C19H21FN2O3. The van der Waals surface area contributed by atoms with Crippen LogP contribution in [0, 0.1) is 5.82 Å². The summed E-state index contributed by atoms with van der Waals surface area (Å²) in [6.45, 7) is 3.44. The van der Waals surface area contributed by atoms with Gasteiger partial charge in [0.05, 0.1) is 13.2 Å². The second kappa shape index (κ2) is 8.48. The second-order valence-corrected chi connectivity index (χ2v) is 5.71. The molecule has 1 aliphatic rings. The number of morpholine rings is 1. The van der Waals surface area contributed by atoms with Crippen LogP contribution in [0.1, 0.15) is 10.4 Å². The minimum Gasteiger partial charge on any atom is -0.492 e. The van der Waals surface area contributed by atoms with Crippen molar-refractivity contribution in [3.63, 3.8) is 0 Å². The lowest BCUT2D eigenvalue weighted by Crippen LogP contribution is -2.40. The van der Waals surface area contributed by atoms with Crippen molar-refractivity contribution in [1.82, 2.24) is 4.90 Å². The fraction of sp³-hybridized carbons (Fsp3) is 0.316. The minimum atomic E-state index is -0.285. The topological polar surface area (TPSA) is 50.8 Å². The van der Waals surface area contributed by atoms with Gasteiger partial charge in [-0.05, 0) is 42.5 Å². The van der Waals surface area contributed by atoms with Crippen LogP contribution in [0.2, 0.25) is 0 Å². The zero-order valence-electron chi connectivity index (χ0n) is 13.9. The van der Waals surface area contributed by atoms with Gasteiger partial charge in [0.2, 0.25) is 0 Å². The molecule has 0 saturated carbocycles. The van der Waals surface area contributed by atoms with Gasteiger partial charge in [-0.2, -0.15) is 0 Å². The van der Waals surface area contributed by atoms with E-state index in [9.17, 15) is 9.18 Å². The number of rotatable bonds is 6. The molecule has 1 saturated heterocycles. The molecule has 1 amide bonds. The average molecular weight is 344 g/mol. The highest BCUT2D eigenvalue weighted by molar-refractivity contribution is 5.95. The summed E-state index contributed by atoms with van der Waals surface area (Å²) in [5.41, 5.74) is 1.52. The van der Waals surface area contributed by atoms with E-state index < -0.39 is 0 Å². The van der Waals surface area contributed by atoms with Gasteiger partial charge >= 0.3 is 0 Å². The number of nitrogens with one attached hydrogen (secondary N) is 1. The van der Waals surface area contributed by atoms with E-state index in [2.05, 4.69) is 5.32 Å². The van der Waals surface area contributed by atoms with E-state index in [1.807, 2.05) is 24.3 Å². The molecule has 0 unspecified atom stereocenters. The van der Waals surface area contributed by atoms with Crippen LogP contribution < -0.4 is 10.1 Å². The van der Waals surface area contributed by atoms with Crippen molar-refractivity contribution in [2.75, 3.05) is 44.8 Å². The SMILES string of the molecule is O=C(c1cccc(NCCOc2ccc(F)cc2)c1)N1CCOCC1. The van der Waals surface area contributed by atoms with Crippen LogP contribution in [0.5, 0.6) is 5.75 Å². The lowest BCUT2D eigenvalue weighted by atomic mass is 10.1. The van der Waals surface area contributed by atoms with Gasteiger partial charge in [-0.25, -0.2) is 4.39 Å². The van der Waals surface area contributed by atoms with E-state index in [1.54, 1.807) is 17.0 Å². The van der Waals surface area contributed by atoms with Crippen LogP contribution in [-0.4, -0.2) is 50.3 Å². The number of carbonyl (C=O) groups is 1. The Morgan fingerprint density at radius 2 is 1.92 bits per heavy atom. The van der Waals surface area contributed by atoms with Crippen LogP contribution in [-0.2, 0) is 4.74 Å². The van der Waals surface area contributed by atoms with Crippen molar-refractivity contribution in [3.05, 3.63) is 59.9 Å². The summed E-state index contributed by atoms with van der Waals surface area (Å²) in [5.74, 6) is 0.362. The Hall–Kier alpha value is -2.60. The molecule has 0 aromatic heterocycles. The largest absolute Gasteiger partial charge is 0.492 e. The third kappa shape index (κ3) is 4.93. The quantitative estimate of drug-likeness (QED) is 0.819. The monoisotopic (exact) mass is 344 g/mol. The molecule has 2 aromatic carbocycles. The smallest absolute Gasteiger partial charge is 0.254 e. The molecule has 2 aromatic rings. The van der Waals surface area contributed by atoms with Crippen LogP contribution in [0.25, 0.3) is 0 Å². The zero-order chi connectivity index (χ0) is 17.5. The first kappa shape index (κ1) is 17.2. The molecule has 6 heteroatoms. The number of hydrogen-bond acceptors (Lipinski definition) is 4. The van der Waals surface area contributed by atoms with E-state index in [-0.39, 0.29) is 11.7 Å². The molecule has 5 nitrogen and oxygen atoms in total. The Bertz CT molecular complexity index is 700. The summed E-state index contributed by atoms with van der Waals surface area (Å²) in [5, 5.41) is 3.23. The molecule has 1 fully saturated rings. The first-order valence-electron chi connectivity index (χ1n) is 8.32. The highest BCUT2D eigenvalue weighted by atomic mass is 19.1.